The summed E-state index contributed by atoms with van der Waals surface area (Å²) in [6.45, 7) is 9.00. The van der Waals surface area contributed by atoms with E-state index in [1.54, 1.807) is 7.11 Å². The largest absolute Gasteiger partial charge is 0.383 e. The lowest BCUT2D eigenvalue weighted by Gasteiger charge is -2.10. The van der Waals surface area contributed by atoms with Crippen LogP contribution in [0, 0.1) is 0 Å². The van der Waals surface area contributed by atoms with Crippen LogP contribution in [0.5, 0.6) is 0 Å². The summed E-state index contributed by atoms with van der Waals surface area (Å²) in [5.41, 5.74) is 0. The smallest absolute Gasteiger partial charge is 0.191 e. The topological polar surface area (TPSA) is 54.9 Å². The number of rotatable bonds is 11. The van der Waals surface area contributed by atoms with Gasteiger partial charge < -0.3 is 20.1 Å². The molecule has 0 aliphatic rings. The summed E-state index contributed by atoms with van der Waals surface area (Å²) >= 11 is 0. The van der Waals surface area contributed by atoms with Gasteiger partial charge in [-0.05, 0) is 19.8 Å². The van der Waals surface area contributed by atoms with Gasteiger partial charge in [-0.3, -0.25) is 4.99 Å². The minimum absolute atomic E-state index is 0.685. The van der Waals surface area contributed by atoms with Crippen molar-refractivity contribution in [1.82, 2.24) is 10.6 Å². The Balaban J connectivity index is 3.59. The van der Waals surface area contributed by atoms with Gasteiger partial charge in [0, 0.05) is 40.0 Å². The van der Waals surface area contributed by atoms with Gasteiger partial charge in [0.2, 0.25) is 0 Å². The Morgan fingerprint density at radius 3 is 2.50 bits per heavy atom. The third kappa shape index (κ3) is 11.7. The molecule has 0 atom stereocenters. The Bertz CT molecular complexity index is 199. The molecule has 0 amide bonds. The minimum Gasteiger partial charge on any atom is -0.383 e. The summed E-state index contributed by atoms with van der Waals surface area (Å²) in [5, 5.41) is 6.40. The Labute approximate surface area is 111 Å². The van der Waals surface area contributed by atoms with Gasteiger partial charge in [0.25, 0.3) is 0 Å². The molecule has 0 rings (SSSR count). The molecule has 18 heavy (non-hydrogen) atoms. The standard InChI is InChI=1S/C13H29N3O2/c1-4-6-10-18-11-7-8-15-13(14-5-2)16-9-12-17-3/h4-12H2,1-3H3,(H2,14,15,16). The maximum atomic E-state index is 5.48. The number of methoxy groups -OCH3 is 1. The average Bonchev–Trinajstić information content (AvgIpc) is 2.38. The van der Waals surface area contributed by atoms with Crippen LogP contribution in [0.2, 0.25) is 0 Å². The van der Waals surface area contributed by atoms with Crippen molar-refractivity contribution < 1.29 is 9.47 Å². The third-order valence-corrected chi connectivity index (χ3v) is 2.30. The van der Waals surface area contributed by atoms with E-state index in [1.807, 2.05) is 0 Å². The van der Waals surface area contributed by atoms with Gasteiger partial charge in [-0.2, -0.15) is 0 Å². The highest BCUT2D eigenvalue weighted by atomic mass is 16.5. The summed E-state index contributed by atoms with van der Waals surface area (Å²) in [6, 6.07) is 0. The molecule has 0 aromatic carbocycles. The van der Waals surface area contributed by atoms with Gasteiger partial charge in [0.05, 0.1) is 6.61 Å². The fourth-order valence-electron chi connectivity index (χ4n) is 1.32. The number of nitrogens with zero attached hydrogens (tertiary/aromatic N) is 1. The molecule has 0 saturated carbocycles. The van der Waals surface area contributed by atoms with E-state index in [0.717, 1.165) is 51.6 Å². The van der Waals surface area contributed by atoms with Gasteiger partial charge in [-0.1, -0.05) is 13.3 Å². The predicted molar refractivity (Wildman–Crippen MR) is 76.2 cm³/mol. The fourth-order valence-corrected chi connectivity index (χ4v) is 1.32. The molecule has 0 heterocycles. The summed E-state index contributed by atoms with van der Waals surface area (Å²) in [5.74, 6) is 0.850. The third-order valence-electron chi connectivity index (χ3n) is 2.30. The minimum atomic E-state index is 0.685. The summed E-state index contributed by atoms with van der Waals surface area (Å²) in [6.07, 6.45) is 3.29. The van der Waals surface area contributed by atoms with Gasteiger partial charge in [0.1, 0.15) is 0 Å². The molecule has 5 heteroatoms. The van der Waals surface area contributed by atoms with Crippen LogP contribution in [-0.2, 0) is 9.47 Å². The molecule has 0 aliphatic carbocycles. The molecule has 0 aromatic rings. The van der Waals surface area contributed by atoms with E-state index < -0.39 is 0 Å². The number of nitrogens with one attached hydrogen (secondary N) is 2. The Kier molecular flexibility index (Phi) is 13.6. The van der Waals surface area contributed by atoms with Crippen LogP contribution in [0.25, 0.3) is 0 Å². The second-order valence-electron chi connectivity index (χ2n) is 4.00. The number of unbranched alkanes of at least 4 members (excludes halogenated alkanes) is 1. The Morgan fingerprint density at radius 1 is 1.06 bits per heavy atom. The van der Waals surface area contributed by atoms with E-state index in [0.29, 0.717) is 6.61 Å². The second-order valence-corrected chi connectivity index (χ2v) is 4.00. The summed E-state index contributed by atoms with van der Waals surface area (Å²) < 4.78 is 10.5. The molecule has 0 radical (unpaired) electrons. The molecule has 0 spiro atoms. The van der Waals surface area contributed by atoms with Crippen LogP contribution < -0.4 is 10.6 Å². The number of aliphatic imine (C=N–C) groups is 1. The average molecular weight is 259 g/mol. The second kappa shape index (κ2) is 14.3. The first-order valence-electron chi connectivity index (χ1n) is 6.94. The van der Waals surface area contributed by atoms with Crippen molar-refractivity contribution >= 4 is 5.96 Å². The first-order valence-corrected chi connectivity index (χ1v) is 6.94. The highest BCUT2D eigenvalue weighted by Crippen LogP contribution is 1.90. The molecule has 5 nitrogen and oxygen atoms in total. The zero-order valence-corrected chi connectivity index (χ0v) is 12.1. The Hall–Kier alpha value is -0.810. The van der Waals surface area contributed by atoms with E-state index in [1.165, 1.54) is 6.42 Å². The van der Waals surface area contributed by atoms with Crippen molar-refractivity contribution in [1.29, 1.82) is 0 Å². The zero-order chi connectivity index (χ0) is 13.5. The monoisotopic (exact) mass is 259 g/mol. The maximum Gasteiger partial charge on any atom is 0.191 e. The van der Waals surface area contributed by atoms with Crippen LogP contribution in [0.4, 0.5) is 0 Å². The van der Waals surface area contributed by atoms with E-state index in [9.17, 15) is 0 Å². The summed E-state index contributed by atoms with van der Waals surface area (Å²) in [4.78, 5) is 4.46. The first-order chi connectivity index (χ1) is 8.85. The lowest BCUT2D eigenvalue weighted by atomic mass is 10.4. The van der Waals surface area contributed by atoms with Crippen molar-refractivity contribution in [2.75, 3.05) is 46.6 Å². The van der Waals surface area contributed by atoms with Gasteiger partial charge in [-0.15, -0.1) is 0 Å². The van der Waals surface area contributed by atoms with Crippen LogP contribution >= 0.6 is 0 Å². The Morgan fingerprint density at radius 2 is 1.83 bits per heavy atom. The van der Waals surface area contributed by atoms with E-state index in [2.05, 4.69) is 29.5 Å². The first kappa shape index (κ1) is 17.2. The van der Waals surface area contributed by atoms with Crippen LogP contribution in [0.1, 0.15) is 33.1 Å². The van der Waals surface area contributed by atoms with Crippen molar-refractivity contribution in [3.8, 4) is 0 Å². The van der Waals surface area contributed by atoms with E-state index in [4.69, 9.17) is 9.47 Å². The lowest BCUT2D eigenvalue weighted by molar-refractivity contribution is 0.130. The van der Waals surface area contributed by atoms with E-state index >= 15 is 0 Å². The van der Waals surface area contributed by atoms with Gasteiger partial charge >= 0.3 is 0 Å². The van der Waals surface area contributed by atoms with Gasteiger partial charge in [-0.25, -0.2) is 0 Å². The van der Waals surface area contributed by atoms with Crippen molar-refractivity contribution in [3.63, 3.8) is 0 Å². The predicted octanol–water partition coefficient (Wildman–Crippen LogP) is 1.39. The number of ether oxygens (including phenoxy) is 2. The quantitative estimate of drug-likeness (QED) is 0.334. The van der Waals surface area contributed by atoms with E-state index in [-0.39, 0.29) is 0 Å². The summed E-state index contributed by atoms with van der Waals surface area (Å²) in [7, 11) is 1.69. The fraction of sp³-hybridized carbons (Fsp3) is 0.923. The molecule has 0 saturated heterocycles. The molecule has 0 aliphatic heterocycles. The number of guanidine groups is 1. The molecular formula is C13H29N3O2. The van der Waals surface area contributed by atoms with Crippen LogP contribution in [0.3, 0.4) is 0 Å². The van der Waals surface area contributed by atoms with Crippen molar-refractivity contribution in [2.24, 2.45) is 4.99 Å². The molecule has 108 valence electrons. The van der Waals surface area contributed by atoms with Crippen molar-refractivity contribution in [3.05, 3.63) is 0 Å². The highest BCUT2D eigenvalue weighted by Gasteiger charge is 1.95. The highest BCUT2D eigenvalue weighted by molar-refractivity contribution is 5.79. The maximum absolute atomic E-state index is 5.48. The molecular weight excluding hydrogens is 230 g/mol. The molecule has 2 N–H and O–H groups in total. The van der Waals surface area contributed by atoms with Crippen LogP contribution in [0.15, 0.2) is 4.99 Å². The number of hydrogen-bond donors (Lipinski definition) is 2. The lowest BCUT2D eigenvalue weighted by Crippen LogP contribution is -2.39. The zero-order valence-electron chi connectivity index (χ0n) is 12.1. The molecule has 0 bridgehead atoms. The molecule has 0 unspecified atom stereocenters. The van der Waals surface area contributed by atoms with Crippen molar-refractivity contribution in [2.45, 2.75) is 33.1 Å². The SMILES string of the molecule is CCCCOCCCN=C(NCC)NCCOC. The van der Waals surface area contributed by atoms with Crippen LogP contribution in [-0.4, -0.2) is 52.5 Å². The number of hydrogen-bond acceptors (Lipinski definition) is 3. The van der Waals surface area contributed by atoms with Gasteiger partial charge in [0.15, 0.2) is 5.96 Å². The normalized spacial score (nSPS) is 11.6. The molecule has 0 fully saturated rings. The molecule has 0 aromatic heterocycles.